The van der Waals surface area contributed by atoms with Crippen LogP contribution >= 0.6 is 0 Å². The molecule has 2 aliphatic rings. The van der Waals surface area contributed by atoms with Crippen molar-refractivity contribution in [3.05, 3.63) is 12.7 Å². The minimum Gasteiger partial charge on any atom is -0.342 e. The van der Waals surface area contributed by atoms with Crippen LogP contribution in [0.1, 0.15) is 19.3 Å². The van der Waals surface area contributed by atoms with Crippen molar-refractivity contribution in [2.24, 2.45) is 11.8 Å². The molecule has 2 fully saturated rings. The zero-order chi connectivity index (χ0) is 11.5. The van der Waals surface area contributed by atoms with Crippen LogP contribution in [0.15, 0.2) is 12.7 Å². The Hall–Kier alpha value is -0.830. The van der Waals surface area contributed by atoms with E-state index in [0.29, 0.717) is 24.2 Å². The highest BCUT2D eigenvalue weighted by Gasteiger charge is 2.29. The number of rotatable bonds is 3. The molecular formula is C13H22N2O. The van der Waals surface area contributed by atoms with Gasteiger partial charge in [0.25, 0.3) is 0 Å². The second-order valence-electron chi connectivity index (χ2n) is 5.25. The van der Waals surface area contributed by atoms with Gasteiger partial charge in [0.05, 0.1) is 0 Å². The minimum absolute atomic E-state index is 0.323. The number of amides is 1. The van der Waals surface area contributed by atoms with Crippen molar-refractivity contribution >= 4 is 5.91 Å². The number of piperidine rings is 1. The highest BCUT2D eigenvalue weighted by atomic mass is 16.2. The van der Waals surface area contributed by atoms with Crippen LogP contribution in [0.25, 0.3) is 0 Å². The SMILES string of the molecule is C=CC1CC(=O)N(CC2CCN(C)CC2)C1. The van der Waals surface area contributed by atoms with E-state index in [4.69, 9.17) is 0 Å². The van der Waals surface area contributed by atoms with Crippen LogP contribution in [-0.4, -0.2) is 48.9 Å². The van der Waals surface area contributed by atoms with Crippen LogP contribution < -0.4 is 0 Å². The molecule has 0 radical (unpaired) electrons. The first-order valence-electron chi connectivity index (χ1n) is 6.28. The molecular weight excluding hydrogens is 200 g/mol. The Morgan fingerprint density at radius 3 is 2.69 bits per heavy atom. The zero-order valence-electron chi connectivity index (χ0n) is 10.2. The molecule has 1 atom stereocenters. The Morgan fingerprint density at radius 1 is 1.44 bits per heavy atom. The third-order valence-corrected chi connectivity index (χ3v) is 3.89. The van der Waals surface area contributed by atoms with Gasteiger partial charge in [-0.2, -0.15) is 0 Å². The minimum atomic E-state index is 0.323. The van der Waals surface area contributed by atoms with Crippen LogP contribution in [0.4, 0.5) is 0 Å². The van der Waals surface area contributed by atoms with Gasteiger partial charge in [0.15, 0.2) is 0 Å². The van der Waals surface area contributed by atoms with Crippen molar-refractivity contribution in [3.63, 3.8) is 0 Å². The maximum absolute atomic E-state index is 11.7. The van der Waals surface area contributed by atoms with Gasteiger partial charge in [-0.05, 0) is 38.9 Å². The van der Waals surface area contributed by atoms with Gasteiger partial charge >= 0.3 is 0 Å². The maximum atomic E-state index is 11.7. The van der Waals surface area contributed by atoms with Crippen molar-refractivity contribution in [2.45, 2.75) is 19.3 Å². The standard InChI is InChI=1S/C13H22N2O/c1-3-11-8-13(16)15(9-11)10-12-4-6-14(2)7-5-12/h3,11-12H,1,4-10H2,2H3. The van der Waals surface area contributed by atoms with Gasteiger partial charge in [0, 0.05) is 25.4 Å². The van der Waals surface area contributed by atoms with Gasteiger partial charge in [0.2, 0.25) is 5.91 Å². The predicted octanol–water partition coefficient (Wildman–Crippen LogP) is 1.36. The molecule has 2 aliphatic heterocycles. The molecule has 1 unspecified atom stereocenters. The van der Waals surface area contributed by atoms with Crippen LogP contribution in [0.2, 0.25) is 0 Å². The molecule has 0 bridgehead atoms. The summed E-state index contributed by atoms with van der Waals surface area (Å²) >= 11 is 0. The molecule has 2 saturated heterocycles. The third-order valence-electron chi connectivity index (χ3n) is 3.89. The first-order chi connectivity index (χ1) is 7.69. The molecule has 0 aromatic heterocycles. The molecule has 0 aromatic carbocycles. The Bertz CT molecular complexity index is 269. The molecule has 3 nitrogen and oxygen atoms in total. The molecule has 1 amide bonds. The van der Waals surface area contributed by atoms with E-state index in [2.05, 4.69) is 18.5 Å². The van der Waals surface area contributed by atoms with E-state index in [9.17, 15) is 4.79 Å². The van der Waals surface area contributed by atoms with Gasteiger partial charge in [0.1, 0.15) is 0 Å². The lowest BCUT2D eigenvalue weighted by Gasteiger charge is -2.31. The Kier molecular flexibility index (Phi) is 3.64. The molecule has 0 N–H and O–H groups in total. The summed E-state index contributed by atoms with van der Waals surface area (Å²) in [4.78, 5) is 16.2. The summed E-state index contributed by atoms with van der Waals surface area (Å²) in [7, 11) is 2.17. The Balaban J connectivity index is 1.81. The van der Waals surface area contributed by atoms with E-state index in [1.807, 2.05) is 11.0 Å². The normalized spacial score (nSPS) is 28.7. The molecule has 0 spiro atoms. The summed E-state index contributed by atoms with van der Waals surface area (Å²) < 4.78 is 0. The highest BCUT2D eigenvalue weighted by Crippen LogP contribution is 2.23. The molecule has 0 aliphatic carbocycles. The van der Waals surface area contributed by atoms with Crippen LogP contribution in [-0.2, 0) is 4.79 Å². The summed E-state index contributed by atoms with van der Waals surface area (Å²) in [5.74, 6) is 1.42. The van der Waals surface area contributed by atoms with Crippen molar-refractivity contribution in [1.82, 2.24) is 9.80 Å². The molecule has 16 heavy (non-hydrogen) atoms. The Morgan fingerprint density at radius 2 is 2.12 bits per heavy atom. The number of carbonyl (C=O) groups excluding carboxylic acids is 1. The van der Waals surface area contributed by atoms with E-state index in [1.165, 1.54) is 25.9 Å². The molecule has 0 aromatic rings. The molecule has 2 rings (SSSR count). The van der Waals surface area contributed by atoms with Crippen molar-refractivity contribution in [2.75, 3.05) is 33.2 Å². The van der Waals surface area contributed by atoms with Gasteiger partial charge in [-0.15, -0.1) is 6.58 Å². The van der Waals surface area contributed by atoms with Crippen LogP contribution in [0, 0.1) is 11.8 Å². The topological polar surface area (TPSA) is 23.6 Å². The Labute approximate surface area is 98.1 Å². The summed E-state index contributed by atoms with van der Waals surface area (Å²) in [6.07, 6.45) is 5.07. The second kappa shape index (κ2) is 5.00. The average Bonchev–Trinajstić information content (AvgIpc) is 2.63. The van der Waals surface area contributed by atoms with Crippen molar-refractivity contribution < 1.29 is 4.79 Å². The number of nitrogens with zero attached hydrogens (tertiary/aromatic N) is 2. The predicted molar refractivity (Wildman–Crippen MR) is 65.1 cm³/mol. The van der Waals surface area contributed by atoms with Gasteiger partial charge in [-0.25, -0.2) is 0 Å². The van der Waals surface area contributed by atoms with E-state index >= 15 is 0 Å². The fraction of sp³-hybridized carbons (Fsp3) is 0.769. The second-order valence-corrected chi connectivity index (χ2v) is 5.25. The fourth-order valence-electron chi connectivity index (χ4n) is 2.69. The third kappa shape index (κ3) is 2.64. The lowest BCUT2D eigenvalue weighted by atomic mass is 9.96. The number of hydrogen-bond donors (Lipinski definition) is 0. The monoisotopic (exact) mass is 222 g/mol. The van der Waals surface area contributed by atoms with E-state index in [0.717, 1.165) is 13.1 Å². The number of carbonyl (C=O) groups is 1. The zero-order valence-corrected chi connectivity index (χ0v) is 10.2. The quantitative estimate of drug-likeness (QED) is 0.673. The molecule has 0 saturated carbocycles. The molecule has 3 heteroatoms. The average molecular weight is 222 g/mol. The van der Waals surface area contributed by atoms with Gasteiger partial charge in [-0.3, -0.25) is 4.79 Å². The van der Waals surface area contributed by atoms with Gasteiger partial charge < -0.3 is 9.80 Å². The van der Waals surface area contributed by atoms with E-state index in [1.54, 1.807) is 0 Å². The van der Waals surface area contributed by atoms with Crippen LogP contribution in [0.3, 0.4) is 0 Å². The summed E-state index contributed by atoms with van der Waals surface area (Å²) in [5, 5.41) is 0. The van der Waals surface area contributed by atoms with E-state index < -0.39 is 0 Å². The lowest BCUT2D eigenvalue weighted by Crippen LogP contribution is -2.37. The summed E-state index contributed by atoms with van der Waals surface area (Å²) in [6.45, 7) is 8.01. The highest BCUT2D eigenvalue weighted by molar-refractivity contribution is 5.78. The van der Waals surface area contributed by atoms with Crippen molar-refractivity contribution in [3.8, 4) is 0 Å². The lowest BCUT2D eigenvalue weighted by molar-refractivity contribution is -0.128. The molecule has 90 valence electrons. The summed E-state index contributed by atoms with van der Waals surface area (Å²) in [6, 6.07) is 0. The van der Waals surface area contributed by atoms with Crippen molar-refractivity contribution in [1.29, 1.82) is 0 Å². The van der Waals surface area contributed by atoms with E-state index in [-0.39, 0.29) is 0 Å². The fourth-order valence-corrected chi connectivity index (χ4v) is 2.69. The first kappa shape index (κ1) is 11.6. The number of hydrogen-bond acceptors (Lipinski definition) is 2. The smallest absolute Gasteiger partial charge is 0.223 e. The first-order valence-corrected chi connectivity index (χ1v) is 6.28. The largest absolute Gasteiger partial charge is 0.342 e. The van der Waals surface area contributed by atoms with Crippen LogP contribution in [0.5, 0.6) is 0 Å². The summed E-state index contributed by atoms with van der Waals surface area (Å²) in [5.41, 5.74) is 0. The number of likely N-dealkylation sites (tertiary alicyclic amines) is 2. The molecule has 2 heterocycles. The maximum Gasteiger partial charge on any atom is 0.223 e. The van der Waals surface area contributed by atoms with Gasteiger partial charge in [-0.1, -0.05) is 6.08 Å².